The molecule has 0 spiro atoms. The molecule has 0 atom stereocenters. The zero-order chi connectivity index (χ0) is 16.3. The number of imide groups is 1. The minimum absolute atomic E-state index is 0.140. The summed E-state index contributed by atoms with van der Waals surface area (Å²) in [6.07, 6.45) is 2.97. The van der Waals surface area contributed by atoms with E-state index in [1.807, 2.05) is 0 Å². The fourth-order valence-corrected chi connectivity index (χ4v) is 2.21. The Kier molecular flexibility index (Phi) is 4.72. The zero-order valence-electron chi connectivity index (χ0n) is 12.2. The van der Waals surface area contributed by atoms with Crippen molar-refractivity contribution in [3.8, 4) is 11.5 Å². The molecule has 1 saturated heterocycles. The number of halogens is 1. The molecule has 7 heteroatoms. The molecule has 0 aliphatic carbocycles. The average Bonchev–Trinajstić information content (AvgIpc) is 2.76. The van der Waals surface area contributed by atoms with Crippen LogP contribution < -0.4 is 14.8 Å². The standard InChI is InChI=1S/C15H15ClN2O4/c1-4-5-18-14(19)11(17-15(18)20)6-9-7-12(21-2)13(22-3)8-10(9)16/h4,6-8H,1,5H2,2-3H3,(H,17,20)/b11-6+. The minimum Gasteiger partial charge on any atom is -0.493 e. The van der Waals surface area contributed by atoms with Crippen LogP contribution in [0, 0.1) is 0 Å². The van der Waals surface area contributed by atoms with Gasteiger partial charge in [-0.3, -0.25) is 9.69 Å². The van der Waals surface area contributed by atoms with Gasteiger partial charge in [0.25, 0.3) is 5.91 Å². The number of amides is 3. The van der Waals surface area contributed by atoms with E-state index in [4.69, 9.17) is 21.1 Å². The second-order valence-electron chi connectivity index (χ2n) is 4.42. The minimum atomic E-state index is -0.493. The van der Waals surface area contributed by atoms with E-state index in [-0.39, 0.29) is 12.2 Å². The number of nitrogens with zero attached hydrogens (tertiary/aromatic N) is 1. The normalized spacial score (nSPS) is 16.0. The lowest BCUT2D eigenvalue weighted by molar-refractivity contribution is -0.122. The van der Waals surface area contributed by atoms with E-state index in [2.05, 4.69) is 11.9 Å². The maximum Gasteiger partial charge on any atom is 0.329 e. The van der Waals surface area contributed by atoms with E-state index in [1.165, 1.54) is 26.4 Å². The number of rotatable bonds is 5. The third-order valence-corrected chi connectivity index (χ3v) is 3.40. The molecular weight excluding hydrogens is 308 g/mol. The molecule has 116 valence electrons. The van der Waals surface area contributed by atoms with Gasteiger partial charge in [-0.15, -0.1) is 6.58 Å². The van der Waals surface area contributed by atoms with E-state index in [0.29, 0.717) is 22.1 Å². The van der Waals surface area contributed by atoms with Crippen molar-refractivity contribution >= 4 is 29.6 Å². The van der Waals surface area contributed by atoms with Crippen molar-refractivity contribution in [3.05, 3.63) is 41.1 Å². The van der Waals surface area contributed by atoms with E-state index >= 15 is 0 Å². The first-order chi connectivity index (χ1) is 10.5. The molecule has 1 N–H and O–H groups in total. The number of ether oxygens (including phenoxy) is 2. The molecule has 3 amide bonds. The maximum absolute atomic E-state index is 12.1. The number of urea groups is 1. The molecular formula is C15H15ClN2O4. The van der Waals surface area contributed by atoms with Crippen LogP contribution in [0.5, 0.6) is 11.5 Å². The van der Waals surface area contributed by atoms with E-state index in [9.17, 15) is 9.59 Å². The van der Waals surface area contributed by atoms with Crippen LogP contribution in [0.1, 0.15) is 5.56 Å². The largest absolute Gasteiger partial charge is 0.493 e. The fourth-order valence-electron chi connectivity index (χ4n) is 2.00. The monoisotopic (exact) mass is 322 g/mol. The number of methoxy groups -OCH3 is 2. The SMILES string of the molecule is C=CCN1C(=O)N/C(=C/c2cc(OC)c(OC)cc2Cl)C1=O. The molecule has 0 unspecified atom stereocenters. The molecule has 1 heterocycles. The Bertz CT molecular complexity index is 670. The molecule has 1 aromatic rings. The highest BCUT2D eigenvalue weighted by molar-refractivity contribution is 6.32. The van der Waals surface area contributed by atoms with Gasteiger partial charge in [-0.2, -0.15) is 0 Å². The molecule has 1 fully saturated rings. The zero-order valence-corrected chi connectivity index (χ0v) is 12.9. The third-order valence-electron chi connectivity index (χ3n) is 3.08. The summed E-state index contributed by atoms with van der Waals surface area (Å²) in [5.41, 5.74) is 0.671. The summed E-state index contributed by atoms with van der Waals surface area (Å²) >= 11 is 6.16. The first kappa shape index (κ1) is 15.9. The molecule has 1 aliphatic rings. The summed E-state index contributed by atoms with van der Waals surface area (Å²) in [6, 6.07) is 2.71. The van der Waals surface area contributed by atoms with Gasteiger partial charge in [0.1, 0.15) is 5.70 Å². The number of hydrogen-bond donors (Lipinski definition) is 1. The van der Waals surface area contributed by atoms with Crippen LogP contribution in [0.15, 0.2) is 30.5 Å². The van der Waals surface area contributed by atoms with Crippen molar-refractivity contribution in [2.24, 2.45) is 0 Å². The molecule has 1 aromatic carbocycles. The molecule has 2 rings (SSSR count). The lowest BCUT2D eigenvalue weighted by Crippen LogP contribution is -2.30. The Hall–Kier alpha value is -2.47. The second kappa shape index (κ2) is 6.53. The highest BCUT2D eigenvalue weighted by Gasteiger charge is 2.32. The van der Waals surface area contributed by atoms with Crippen LogP contribution in [-0.4, -0.2) is 37.6 Å². The van der Waals surface area contributed by atoms with Gasteiger partial charge in [0.15, 0.2) is 11.5 Å². The first-order valence-corrected chi connectivity index (χ1v) is 6.76. The molecule has 0 radical (unpaired) electrons. The maximum atomic E-state index is 12.1. The van der Waals surface area contributed by atoms with Gasteiger partial charge in [0.05, 0.1) is 19.2 Å². The van der Waals surface area contributed by atoms with Gasteiger partial charge in [-0.05, 0) is 17.7 Å². The predicted octanol–water partition coefficient (Wildman–Crippen LogP) is 2.44. The van der Waals surface area contributed by atoms with E-state index in [0.717, 1.165) is 4.90 Å². The number of nitrogens with one attached hydrogen (secondary N) is 1. The molecule has 0 bridgehead atoms. The number of carbonyl (C=O) groups excluding carboxylic acids is 2. The quantitative estimate of drug-likeness (QED) is 0.513. The van der Waals surface area contributed by atoms with Crippen molar-refractivity contribution < 1.29 is 19.1 Å². The van der Waals surface area contributed by atoms with Gasteiger partial charge in [-0.25, -0.2) is 4.79 Å². The Balaban J connectivity index is 2.39. The van der Waals surface area contributed by atoms with Crippen LogP contribution in [0.4, 0.5) is 4.79 Å². The van der Waals surface area contributed by atoms with Crippen molar-refractivity contribution in [2.75, 3.05) is 20.8 Å². The number of benzene rings is 1. The Morgan fingerprint density at radius 2 is 1.91 bits per heavy atom. The van der Waals surface area contributed by atoms with Crippen molar-refractivity contribution in [3.63, 3.8) is 0 Å². The summed E-state index contributed by atoms with van der Waals surface area (Å²) < 4.78 is 10.3. The summed E-state index contributed by atoms with van der Waals surface area (Å²) in [4.78, 5) is 24.9. The fraction of sp³-hybridized carbons (Fsp3) is 0.200. The second-order valence-corrected chi connectivity index (χ2v) is 4.83. The molecule has 0 saturated carbocycles. The lowest BCUT2D eigenvalue weighted by atomic mass is 10.1. The molecule has 22 heavy (non-hydrogen) atoms. The van der Waals surface area contributed by atoms with Crippen LogP contribution in [-0.2, 0) is 4.79 Å². The van der Waals surface area contributed by atoms with Gasteiger partial charge >= 0.3 is 6.03 Å². The highest BCUT2D eigenvalue weighted by atomic mass is 35.5. The molecule has 6 nitrogen and oxygen atoms in total. The average molecular weight is 323 g/mol. The summed E-state index contributed by atoms with van der Waals surface area (Å²) in [5.74, 6) is 0.513. The lowest BCUT2D eigenvalue weighted by Gasteiger charge is -2.10. The Morgan fingerprint density at radius 1 is 1.27 bits per heavy atom. The van der Waals surface area contributed by atoms with Gasteiger partial charge in [-0.1, -0.05) is 17.7 Å². The predicted molar refractivity (Wildman–Crippen MR) is 83.0 cm³/mol. The van der Waals surface area contributed by atoms with E-state index < -0.39 is 11.9 Å². The highest BCUT2D eigenvalue weighted by Crippen LogP contribution is 2.34. The molecule has 0 aromatic heterocycles. The van der Waals surface area contributed by atoms with Crippen LogP contribution in [0.2, 0.25) is 5.02 Å². The summed E-state index contributed by atoms with van der Waals surface area (Å²) in [7, 11) is 3.00. The third kappa shape index (κ3) is 2.92. The smallest absolute Gasteiger partial charge is 0.329 e. The number of hydrogen-bond acceptors (Lipinski definition) is 4. The summed E-state index contributed by atoms with van der Waals surface area (Å²) in [6.45, 7) is 3.65. The Labute approximate surface area is 132 Å². The Morgan fingerprint density at radius 3 is 2.50 bits per heavy atom. The van der Waals surface area contributed by atoms with Crippen molar-refractivity contribution in [2.45, 2.75) is 0 Å². The van der Waals surface area contributed by atoms with Gasteiger partial charge < -0.3 is 14.8 Å². The van der Waals surface area contributed by atoms with Gasteiger partial charge in [0, 0.05) is 12.6 Å². The first-order valence-electron chi connectivity index (χ1n) is 6.38. The molecule has 1 aliphatic heterocycles. The van der Waals surface area contributed by atoms with Gasteiger partial charge in [0.2, 0.25) is 0 Å². The topological polar surface area (TPSA) is 67.9 Å². The van der Waals surface area contributed by atoms with Crippen LogP contribution in [0.3, 0.4) is 0 Å². The van der Waals surface area contributed by atoms with Crippen LogP contribution >= 0.6 is 11.6 Å². The van der Waals surface area contributed by atoms with Crippen molar-refractivity contribution in [1.82, 2.24) is 10.2 Å². The van der Waals surface area contributed by atoms with Crippen molar-refractivity contribution in [1.29, 1.82) is 0 Å². The van der Waals surface area contributed by atoms with E-state index in [1.54, 1.807) is 12.1 Å². The van der Waals surface area contributed by atoms with Crippen LogP contribution in [0.25, 0.3) is 6.08 Å². The number of carbonyl (C=O) groups is 2. The summed E-state index contributed by atoms with van der Waals surface area (Å²) in [5, 5.41) is 2.87.